The van der Waals surface area contributed by atoms with Crippen LogP contribution in [0.5, 0.6) is 0 Å². The molecular formula is C20H34N2O2Si. The van der Waals surface area contributed by atoms with Gasteiger partial charge in [-0.25, -0.2) is 0 Å². The summed E-state index contributed by atoms with van der Waals surface area (Å²) >= 11 is 0. The monoisotopic (exact) mass is 362 g/mol. The van der Waals surface area contributed by atoms with Crippen molar-refractivity contribution in [2.75, 3.05) is 6.54 Å². The number of rotatable bonds is 3. The topological polar surface area (TPSA) is 41.6 Å². The van der Waals surface area contributed by atoms with E-state index < -0.39 is 14.4 Å². The van der Waals surface area contributed by atoms with Crippen LogP contribution in [-0.4, -0.2) is 31.4 Å². The van der Waals surface area contributed by atoms with Gasteiger partial charge in [0.25, 0.3) is 0 Å². The second-order valence-electron chi connectivity index (χ2n) is 9.58. The van der Waals surface area contributed by atoms with E-state index >= 15 is 0 Å². The molecule has 1 aromatic rings. The van der Waals surface area contributed by atoms with E-state index in [1.165, 1.54) is 5.56 Å². The summed E-state index contributed by atoms with van der Waals surface area (Å²) in [5.41, 5.74) is 2.03. The Morgan fingerprint density at radius 1 is 1.16 bits per heavy atom. The van der Waals surface area contributed by atoms with Crippen LogP contribution in [-0.2, 0) is 15.7 Å². The standard InChI is InChI=1S/C20H34N2O2Si/c1-19(2,3)21-18(23)17-16-12-10-9-11-15(16)13-14-22(17)24-25(7,8)20(4,5)6/h9-12,17H,13-14H2,1-8H3,(H,21,23). The molecule has 5 heteroatoms. The van der Waals surface area contributed by atoms with Crippen LogP contribution in [0.15, 0.2) is 24.3 Å². The fourth-order valence-corrected chi connectivity index (χ4v) is 3.84. The third kappa shape index (κ3) is 4.71. The minimum atomic E-state index is -2.01. The lowest BCUT2D eigenvalue weighted by Crippen LogP contribution is -2.54. The van der Waals surface area contributed by atoms with Gasteiger partial charge >= 0.3 is 0 Å². The molecule has 4 nitrogen and oxygen atoms in total. The third-order valence-corrected chi connectivity index (χ3v) is 9.44. The van der Waals surface area contributed by atoms with E-state index in [4.69, 9.17) is 4.53 Å². The molecule has 0 saturated carbocycles. The number of carbonyl (C=O) groups excluding carboxylic acids is 1. The number of hydroxylamine groups is 2. The van der Waals surface area contributed by atoms with E-state index in [1.807, 2.05) is 38.0 Å². The van der Waals surface area contributed by atoms with E-state index in [1.54, 1.807) is 0 Å². The zero-order valence-corrected chi connectivity index (χ0v) is 18.1. The van der Waals surface area contributed by atoms with E-state index in [9.17, 15) is 4.79 Å². The molecule has 140 valence electrons. The molecule has 1 aliphatic rings. The molecule has 0 saturated heterocycles. The van der Waals surface area contributed by atoms with Gasteiger partial charge in [-0.1, -0.05) is 45.0 Å². The van der Waals surface area contributed by atoms with Gasteiger partial charge in [-0.05, 0) is 56.5 Å². The van der Waals surface area contributed by atoms with Crippen LogP contribution >= 0.6 is 0 Å². The average Bonchev–Trinajstić information content (AvgIpc) is 2.43. The van der Waals surface area contributed by atoms with Gasteiger partial charge in [0.05, 0.1) is 0 Å². The molecule has 1 N–H and O–H groups in total. The number of fused-ring (bicyclic) bond motifs is 1. The summed E-state index contributed by atoms with van der Waals surface area (Å²) in [6, 6.07) is 7.84. The first-order chi connectivity index (χ1) is 11.3. The number of nitrogens with zero attached hydrogens (tertiary/aromatic N) is 1. The van der Waals surface area contributed by atoms with Crippen molar-refractivity contribution in [2.45, 2.75) is 77.7 Å². The summed E-state index contributed by atoms with van der Waals surface area (Å²) in [7, 11) is -2.01. The predicted octanol–water partition coefficient (Wildman–Crippen LogP) is 4.44. The molecule has 0 aliphatic carbocycles. The van der Waals surface area contributed by atoms with Crippen molar-refractivity contribution in [3.8, 4) is 0 Å². The quantitative estimate of drug-likeness (QED) is 0.808. The maximum Gasteiger partial charge on any atom is 0.244 e. The second-order valence-corrected chi connectivity index (χ2v) is 14.3. The fraction of sp³-hybridized carbons (Fsp3) is 0.650. The van der Waals surface area contributed by atoms with Gasteiger partial charge < -0.3 is 9.84 Å². The molecule has 0 spiro atoms. The maximum absolute atomic E-state index is 13.1. The number of amides is 1. The highest BCUT2D eigenvalue weighted by atomic mass is 28.4. The van der Waals surface area contributed by atoms with Crippen molar-refractivity contribution in [3.63, 3.8) is 0 Å². The number of nitrogens with one attached hydrogen (secondary N) is 1. The van der Waals surface area contributed by atoms with E-state index in [2.05, 4.69) is 51.3 Å². The van der Waals surface area contributed by atoms with Gasteiger partial charge in [0.2, 0.25) is 14.2 Å². The van der Waals surface area contributed by atoms with Crippen molar-refractivity contribution in [3.05, 3.63) is 35.4 Å². The lowest BCUT2D eigenvalue weighted by Gasteiger charge is -2.44. The summed E-state index contributed by atoms with van der Waals surface area (Å²) < 4.78 is 6.56. The van der Waals surface area contributed by atoms with Crippen LogP contribution < -0.4 is 5.32 Å². The lowest BCUT2D eigenvalue weighted by atomic mass is 9.93. The summed E-state index contributed by atoms with van der Waals surface area (Å²) in [4.78, 5) is 13.1. The zero-order chi connectivity index (χ0) is 19.0. The van der Waals surface area contributed by atoms with Crippen LogP contribution in [0.2, 0.25) is 18.1 Å². The van der Waals surface area contributed by atoms with Crippen LogP contribution in [0.3, 0.4) is 0 Å². The summed E-state index contributed by atoms with van der Waals surface area (Å²) in [5, 5.41) is 5.18. The molecule has 1 unspecified atom stereocenters. The molecule has 1 aromatic carbocycles. The highest BCUT2D eigenvalue weighted by Gasteiger charge is 2.43. The zero-order valence-electron chi connectivity index (χ0n) is 17.1. The number of hydrogen-bond acceptors (Lipinski definition) is 3. The maximum atomic E-state index is 13.1. The Balaban J connectivity index is 2.37. The highest BCUT2D eigenvalue weighted by molar-refractivity contribution is 6.74. The average molecular weight is 363 g/mol. The normalized spacial score (nSPS) is 19.4. The molecule has 1 atom stereocenters. The minimum Gasteiger partial charge on any atom is -0.350 e. The van der Waals surface area contributed by atoms with Crippen LogP contribution in [0, 0.1) is 0 Å². The van der Waals surface area contributed by atoms with Crippen LogP contribution in [0.4, 0.5) is 0 Å². The number of carbonyl (C=O) groups is 1. The van der Waals surface area contributed by atoms with E-state index in [0.717, 1.165) is 18.5 Å². The van der Waals surface area contributed by atoms with Gasteiger partial charge in [0.15, 0.2) is 0 Å². The van der Waals surface area contributed by atoms with Crippen molar-refractivity contribution in [1.82, 2.24) is 10.4 Å². The van der Waals surface area contributed by atoms with Gasteiger partial charge in [-0.2, -0.15) is 5.06 Å². The van der Waals surface area contributed by atoms with Crippen molar-refractivity contribution >= 4 is 14.2 Å². The molecule has 0 aromatic heterocycles. The molecule has 25 heavy (non-hydrogen) atoms. The first-order valence-electron chi connectivity index (χ1n) is 9.17. The molecule has 1 heterocycles. The molecule has 0 radical (unpaired) electrons. The summed E-state index contributed by atoms with van der Waals surface area (Å²) in [5.74, 6) is 0.0124. The SMILES string of the molecule is CC(C)(C)NC(=O)C1c2ccccc2CCN1O[Si](C)(C)C(C)(C)C. The van der Waals surface area contributed by atoms with Gasteiger partial charge in [-0.3, -0.25) is 4.79 Å². The van der Waals surface area contributed by atoms with Gasteiger partial charge in [-0.15, -0.1) is 0 Å². The largest absolute Gasteiger partial charge is 0.350 e. The molecule has 0 bridgehead atoms. The summed E-state index contributed by atoms with van der Waals surface area (Å²) in [6.07, 6.45) is 0.907. The highest BCUT2D eigenvalue weighted by Crippen LogP contribution is 2.40. The van der Waals surface area contributed by atoms with Crippen molar-refractivity contribution in [1.29, 1.82) is 0 Å². The Labute approximate surface area is 154 Å². The first kappa shape index (κ1) is 20.1. The lowest BCUT2D eigenvalue weighted by molar-refractivity contribution is -0.153. The molecule has 2 rings (SSSR count). The Hall–Kier alpha value is -1.17. The third-order valence-electron chi connectivity index (χ3n) is 5.14. The van der Waals surface area contributed by atoms with Crippen LogP contribution in [0.25, 0.3) is 0 Å². The Morgan fingerprint density at radius 3 is 2.32 bits per heavy atom. The van der Waals surface area contributed by atoms with Crippen molar-refractivity contribution in [2.24, 2.45) is 0 Å². The minimum absolute atomic E-state index is 0.0124. The number of hydrogen-bond donors (Lipinski definition) is 1. The molecule has 1 aliphatic heterocycles. The molecule has 0 fully saturated rings. The Bertz CT molecular complexity index is 629. The first-order valence-corrected chi connectivity index (χ1v) is 12.1. The number of benzene rings is 1. The van der Waals surface area contributed by atoms with Crippen LogP contribution in [0.1, 0.15) is 58.7 Å². The smallest absolute Gasteiger partial charge is 0.244 e. The predicted molar refractivity (Wildman–Crippen MR) is 106 cm³/mol. The van der Waals surface area contributed by atoms with E-state index in [-0.39, 0.29) is 16.5 Å². The molecule has 1 amide bonds. The van der Waals surface area contributed by atoms with Gasteiger partial charge in [0, 0.05) is 12.1 Å². The second kappa shape index (κ2) is 6.86. The van der Waals surface area contributed by atoms with Crippen molar-refractivity contribution < 1.29 is 9.32 Å². The summed E-state index contributed by atoms with van der Waals surface area (Å²) in [6.45, 7) is 17.9. The van der Waals surface area contributed by atoms with E-state index in [0.29, 0.717) is 0 Å². The Kier molecular flexibility index (Phi) is 5.52. The molecular weight excluding hydrogens is 328 g/mol. The fourth-order valence-electron chi connectivity index (χ4n) is 2.78. The Morgan fingerprint density at radius 2 is 1.76 bits per heavy atom. The van der Waals surface area contributed by atoms with Gasteiger partial charge in [0.1, 0.15) is 6.04 Å².